The van der Waals surface area contributed by atoms with Gasteiger partial charge in [-0.3, -0.25) is 0 Å². The first kappa shape index (κ1) is 20.1. The molecule has 3 N–H and O–H groups in total. The van der Waals surface area contributed by atoms with Crippen LogP contribution in [0.2, 0.25) is 0 Å². The summed E-state index contributed by atoms with van der Waals surface area (Å²) >= 11 is 3.67. The van der Waals surface area contributed by atoms with Crippen molar-refractivity contribution in [2.75, 3.05) is 25.6 Å². The van der Waals surface area contributed by atoms with Crippen molar-refractivity contribution in [2.24, 2.45) is 0 Å². The van der Waals surface area contributed by atoms with Crippen LogP contribution in [0.5, 0.6) is 5.75 Å². The van der Waals surface area contributed by atoms with Crippen LogP contribution >= 0.6 is 34.4 Å². The van der Waals surface area contributed by atoms with Gasteiger partial charge in [0.1, 0.15) is 12.1 Å². The standard InChI is InChI=1S/C15H17IN6O3S2/c1-25-9-3-4-10(16)11(7-9)26-15-21-12-13(17)18-8-19-14(12)22(15)6-5-20-27(2,23)24/h3-4,7-8,20H,5-6H2,1-2H3,(H2,17,18,19). The number of nitrogen functional groups attached to an aromatic ring is 1. The molecule has 0 unspecified atom stereocenters. The van der Waals surface area contributed by atoms with Crippen molar-refractivity contribution in [3.8, 4) is 5.75 Å². The molecule has 2 heterocycles. The molecule has 0 aliphatic rings. The number of benzene rings is 1. The number of rotatable bonds is 7. The van der Waals surface area contributed by atoms with Crippen LogP contribution in [0.3, 0.4) is 0 Å². The molecule has 1 aromatic carbocycles. The Morgan fingerprint density at radius 3 is 2.85 bits per heavy atom. The molecule has 0 radical (unpaired) electrons. The second-order valence-corrected chi connectivity index (χ2v) is 9.55. The van der Waals surface area contributed by atoms with Crippen LogP contribution < -0.4 is 15.2 Å². The zero-order valence-corrected chi connectivity index (χ0v) is 18.3. The number of imidazole rings is 1. The number of methoxy groups -OCH3 is 1. The van der Waals surface area contributed by atoms with E-state index in [1.54, 1.807) is 7.11 Å². The Balaban J connectivity index is 2.01. The van der Waals surface area contributed by atoms with Crippen molar-refractivity contribution in [3.05, 3.63) is 28.1 Å². The van der Waals surface area contributed by atoms with E-state index >= 15 is 0 Å². The van der Waals surface area contributed by atoms with E-state index in [9.17, 15) is 8.42 Å². The predicted octanol–water partition coefficient (Wildman–Crippen LogP) is 1.72. The van der Waals surface area contributed by atoms with Crippen LogP contribution in [0.4, 0.5) is 5.82 Å². The maximum Gasteiger partial charge on any atom is 0.208 e. The number of anilines is 1. The van der Waals surface area contributed by atoms with E-state index in [0.717, 1.165) is 20.5 Å². The van der Waals surface area contributed by atoms with Crippen molar-refractivity contribution in [1.82, 2.24) is 24.2 Å². The quantitative estimate of drug-likeness (QED) is 0.452. The summed E-state index contributed by atoms with van der Waals surface area (Å²) in [4.78, 5) is 13.8. The van der Waals surface area contributed by atoms with E-state index in [-0.39, 0.29) is 12.4 Å². The molecule has 3 aromatic rings. The lowest BCUT2D eigenvalue weighted by molar-refractivity contribution is 0.413. The molecule has 2 aromatic heterocycles. The molecule has 0 saturated carbocycles. The topological polar surface area (TPSA) is 125 Å². The molecule has 0 atom stereocenters. The number of nitrogens with zero attached hydrogens (tertiary/aromatic N) is 4. The number of halogens is 1. The number of sulfonamides is 1. The van der Waals surface area contributed by atoms with Crippen LogP contribution in [-0.4, -0.2) is 47.8 Å². The van der Waals surface area contributed by atoms with Gasteiger partial charge in [0.05, 0.1) is 13.4 Å². The highest BCUT2D eigenvalue weighted by molar-refractivity contribution is 14.1. The van der Waals surface area contributed by atoms with Gasteiger partial charge in [-0.25, -0.2) is 28.1 Å². The summed E-state index contributed by atoms with van der Waals surface area (Å²) < 4.78 is 33.4. The molecule has 0 spiro atoms. The van der Waals surface area contributed by atoms with Crippen molar-refractivity contribution < 1.29 is 13.2 Å². The second kappa shape index (κ2) is 8.16. The zero-order valence-electron chi connectivity index (χ0n) is 14.5. The van der Waals surface area contributed by atoms with Gasteiger partial charge in [0.15, 0.2) is 22.1 Å². The number of hydrogen-bond donors (Lipinski definition) is 2. The maximum atomic E-state index is 11.4. The second-order valence-electron chi connectivity index (χ2n) is 5.54. The van der Waals surface area contributed by atoms with Gasteiger partial charge < -0.3 is 15.0 Å². The monoisotopic (exact) mass is 520 g/mol. The number of ether oxygens (including phenoxy) is 1. The van der Waals surface area contributed by atoms with E-state index in [4.69, 9.17) is 10.5 Å². The molecule has 0 amide bonds. The minimum absolute atomic E-state index is 0.205. The molecular formula is C15H17IN6O3S2. The van der Waals surface area contributed by atoms with E-state index in [1.807, 2.05) is 22.8 Å². The lowest BCUT2D eigenvalue weighted by Gasteiger charge is -2.10. The Morgan fingerprint density at radius 1 is 1.37 bits per heavy atom. The molecule has 0 saturated heterocycles. The van der Waals surface area contributed by atoms with Gasteiger partial charge in [-0.1, -0.05) is 11.8 Å². The van der Waals surface area contributed by atoms with Gasteiger partial charge in [-0.2, -0.15) is 0 Å². The molecule has 0 fully saturated rings. The van der Waals surface area contributed by atoms with E-state index in [2.05, 4.69) is 42.3 Å². The number of aromatic nitrogens is 4. The lowest BCUT2D eigenvalue weighted by atomic mass is 10.3. The van der Waals surface area contributed by atoms with Crippen molar-refractivity contribution in [2.45, 2.75) is 16.6 Å². The summed E-state index contributed by atoms with van der Waals surface area (Å²) in [6.07, 6.45) is 2.48. The third-order valence-corrected chi connectivity index (χ3v) is 6.65. The number of fused-ring (bicyclic) bond motifs is 1. The molecule has 3 rings (SSSR count). The minimum atomic E-state index is -3.29. The van der Waals surface area contributed by atoms with Gasteiger partial charge in [0, 0.05) is 21.6 Å². The highest BCUT2D eigenvalue weighted by Crippen LogP contribution is 2.35. The Morgan fingerprint density at radius 2 is 2.15 bits per heavy atom. The van der Waals surface area contributed by atoms with E-state index < -0.39 is 10.0 Å². The molecule has 0 aliphatic carbocycles. The predicted molar refractivity (Wildman–Crippen MR) is 112 cm³/mol. The fraction of sp³-hybridized carbons (Fsp3) is 0.267. The summed E-state index contributed by atoms with van der Waals surface area (Å²) in [6.45, 7) is 0.555. The first-order valence-corrected chi connectivity index (χ1v) is 11.5. The van der Waals surface area contributed by atoms with E-state index in [0.29, 0.717) is 22.9 Å². The summed E-state index contributed by atoms with van der Waals surface area (Å²) in [5.41, 5.74) is 6.97. The molecule has 0 aliphatic heterocycles. The van der Waals surface area contributed by atoms with Crippen LogP contribution in [0.1, 0.15) is 0 Å². The maximum absolute atomic E-state index is 11.4. The first-order valence-electron chi connectivity index (χ1n) is 7.71. The van der Waals surface area contributed by atoms with Crippen molar-refractivity contribution in [1.29, 1.82) is 0 Å². The number of nitrogens with one attached hydrogen (secondary N) is 1. The average Bonchev–Trinajstić information content (AvgIpc) is 2.95. The summed E-state index contributed by atoms with van der Waals surface area (Å²) in [7, 11) is -1.68. The van der Waals surface area contributed by atoms with Crippen LogP contribution in [0.15, 0.2) is 34.6 Å². The highest BCUT2D eigenvalue weighted by Gasteiger charge is 2.17. The smallest absolute Gasteiger partial charge is 0.208 e. The highest BCUT2D eigenvalue weighted by atomic mass is 127. The number of nitrogens with two attached hydrogens (primary N) is 1. The Hall–Kier alpha value is -1.64. The fourth-order valence-electron chi connectivity index (χ4n) is 2.34. The Labute approximate surface area is 174 Å². The fourth-order valence-corrected chi connectivity index (χ4v) is 4.43. The van der Waals surface area contributed by atoms with Crippen LogP contribution in [0.25, 0.3) is 11.2 Å². The molecule has 144 valence electrons. The van der Waals surface area contributed by atoms with Crippen molar-refractivity contribution >= 4 is 61.4 Å². The normalized spacial score (nSPS) is 11.8. The molecule has 9 nitrogen and oxygen atoms in total. The van der Waals surface area contributed by atoms with Gasteiger partial charge in [-0.05, 0) is 40.8 Å². The Bertz CT molecular complexity index is 1090. The summed E-state index contributed by atoms with van der Waals surface area (Å²) in [6, 6.07) is 5.75. The van der Waals surface area contributed by atoms with Gasteiger partial charge in [0.2, 0.25) is 10.0 Å². The molecule has 27 heavy (non-hydrogen) atoms. The minimum Gasteiger partial charge on any atom is -0.497 e. The lowest BCUT2D eigenvalue weighted by Crippen LogP contribution is -2.26. The third kappa shape index (κ3) is 4.80. The van der Waals surface area contributed by atoms with Gasteiger partial charge >= 0.3 is 0 Å². The van der Waals surface area contributed by atoms with Crippen molar-refractivity contribution in [3.63, 3.8) is 0 Å². The first-order chi connectivity index (χ1) is 12.8. The Kier molecular flexibility index (Phi) is 6.08. The molecular weight excluding hydrogens is 503 g/mol. The SMILES string of the molecule is COc1ccc(I)c(Sc2nc3c(N)ncnc3n2CCNS(C)(=O)=O)c1. The molecule has 12 heteroatoms. The van der Waals surface area contributed by atoms with Crippen LogP contribution in [0, 0.1) is 3.57 Å². The van der Waals surface area contributed by atoms with E-state index in [1.165, 1.54) is 18.1 Å². The number of hydrogen-bond acceptors (Lipinski definition) is 8. The largest absolute Gasteiger partial charge is 0.497 e. The summed E-state index contributed by atoms with van der Waals surface area (Å²) in [5.74, 6) is 1.01. The van der Waals surface area contributed by atoms with Gasteiger partial charge in [-0.15, -0.1) is 0 Å². The summed E-state index contributed by atoms with van der Waals surface area (Å²) in [5, 5.41) is 0.638. The van der Waals surface area contributed by atoms with Gasteiger partial charge in [0.25, 0.3) is 0 Å². The third-order valence-electron chi connectivity index (χ3n) is 3.56. The van der Waals surface area contributed by atoms with Crippen LogP contribution in [-0.2, 0) is 16.6 Å². The zero-order chi connectivity index (χ0) is 19.6. The average molecular weight is 520 g/mol. The molecule has 0 bridgehead atoms.